The monoisotopic (exact) mass is 256 g/mol. The van der Waals surface area contributed by atoms with Crippen LogP contribution in [0.15, 0.2) is 24.3 Å². The SMILES string of the molecule is CCCNC(=O)C1CNc2ccccc2O1.Cl. The van der Waals surface area contributed by atoms with Crippen LogP contribution in [-0.4, -0.2) is 25.1 Å². The fourth-order valence-corrected chi connectivity index (χ4v) is 1.62. The van der Waals surface area contributed by atoms with E-state index in [1.165, 1.54) is 0 Å². The highest BCUT2D eigenvalue weighted by atomic mass is 35.5. The third-order valence-corrected chi connectivity index (χ3v) is 2.48. The Labute approximate surface area is 107 Å². The topological polar surface area (TPSA) is 50.4 Å². The lowest BCUT2D eigenvalue weighted by atomic mass is 10.2. The van der Waals surface area contributed by atoms with E-state index in [2.05, 4.69) is 10.6 Å². The van der Waals surface area contributed by atoms with E-state index >= 15 is 0 Å². The summed E-state index contributed by atoms with van der Waals surface area (Å²) < 4.78 is 5.62. The minimum absolute atomic E-state index is 0. The van der Waals surface area contributed by atoms with Gasteiger partial charge in [-0.05, 0) is 18.6 Å². The maximum absolute atomic E-state index is 11.7. The molecule has 4 nitrogen and oxygen atoms in total. The molecule has 1 unspecified atom stereocenters. The summed E-state index contributed by atoms with van der Waals surface area (Å²) in [5.41, 5.74) is 0.946. The smallest absolute Gasteiger partial charge is 0.262 e. The standard InChI is InChI=1S/C12H16N2O2.ClH/c1-2-7-13-12(15)11-8-14-9-5-3-4-6-10(9)16-11;/h3-6,11,14H,2,7-8H2,1H3,(H,13,15);1H. The molecule has 0 fully saturated rings. The van der Waals surface area contributed by atoms with Gasteiger partial charge in [-0.3, -0.25) is 4.79 Å². The van der Waals surface area contributed by atoms with Gasteiger partial charge >= 0.3 is 0 Å². The first kappa shape index (κ1) is 13.6. The molecule has 2 rings (SSSR count). The Morgan fingerprint density at radius 2 is 2.29 bits per heavy atom. The van der Waals surface area contributed by atoms with Crippen LogP contribution in [0.3, 0.4) is 0 Å². The van der Waals surface area contributed by atoms with E-state index in [0.717, 1.165) is 17.9 Å². The normalized spacial score (nSPS) is 16.9. The lowest BCUT2D eigenvalue weighted by Gasteiger charge is -2.26. The lowest BCUT2D eigenvalue weighted by molar-refractivity contribution is -0.127. The number of nitrogens with one attached hydrogen (secondary N) is 2. The fraction of sp³-hybridized carbons (Fsp3) is 0.417. The average molecular weight is 257 g/mol. The molecule has 5 heteroatoms. The van der Waals surface area contributed by atoms with Crippen molar-refractivity contribution in [2.45, 2.75) is 19.4 Å². The maximum atomic E-state index is 11.7. The van der Waals surface area contributed by atoms with Gasteiger partial charge in [-0.15, -0.1) is 12.4 Å². The van der Waals surface area contributed by atoms with Crippen molar-refractivity contribution in [3.05, 3.63) is 24.3 Å². The fourth-order valence-electron chi connectivity index (χ4n) is 1.62. The number of anilines is 1. The summed E-state index contributed by atoms with van der Waals surface area (Å²) in [6.45, 7) is 3.24. The number of hydrogen-bond donors (Lipinski definition) is 2. The molecule has 0 saturated heterocycles. The third kappa shape index (κ3) is 3.27. The molecule has 1 aliphatic rings. The molecule has 1 heterocycles. The quantitative estimate of drug-likeness (QED) is 0.867. The van der Waals surface area contributed by atoms with E-state index in [-0.39, 0.29) is 18.3 Å². The van der Waals surface area contributed by atoms with Gasteiger partial charge in [0.15, 0.2) is 6.10 Å². The van der Waals surface area contributed by atoms with Crippen molar-refractivity contribution in [3.63, 3.8) is 0 Å². The predicted molar refractivity (Wildman–Crippen MR) is 69.9 cm³/mol. The Bertz CT molecular complexity index is 385. The summed E-state index contributed by atoms with van der Waals surface area (Å²) in [7, 11) is 0. The van der Waals surface area contributed by atoms with Crippen LogP contribution < -0.4 is 15.4 Å². The Kier molecular flexibility index (Phi) is 5.10. The summed E-state index contributed by atoms with van der Waals surface area (Å²) in [4.78, 5) is 11.7. The predicted octanol–water partition coefficient (Wildman–Crippen LogP) is 1.81. The Balaban J connectivity index is 0.00000144. The molecule has 1 aromatic carbocycles. The van der Waals surface area contributed by atoms with Crippen LogP contribution in [-0.2, 0) is 4.79 Å². The van der Waals surface area contributed by atoms with Crippen molar-refractivity contribution < 1.29 is 9.53 Å². The molecule has 0 saturated carbocycles. The second-order valence-electron chi connectivity index (χ2n) is 3.77. The highest BCUT2D eigenvalue weighted by Crippen LogP contribution is 2.27. The number of fused-ring (bicyclic) bond motifs is 1. The molecule has 0 aliphatic carbocycles. The van der Waals surface area contributed by atoms with Crippen molar-refractivity contribution in [3.8, 4) is 5.75 Å². The zero-order valence-electron chi connectivity index (χ0n) is 9.73. The highest BCUT2D eigenvalue weighted by Gasteiger charge is 2.24. The first-order chi connectivity index (χ1) is 7.81. The average Bonchev–Trinajstić information content (AvgIpc) is 2.35. The molecule has 0 aromatic heterocycles. The number of hydrogen-bond acceptors (Lipinski definition) is 3. The molecule has 0 radical (unpaired) electrons. The number of rotatable bonds is 3. The van der Waals surface area contributed by atoms with Crippen LogP contribution in [0.25, 0.3) is 0 Å². The number of para-hydroxylation sites is 2. The number of carbonyl (C=O) groups excluding carboxylic acids is 1. The molecule has 94 valence electrons. The van der Waals surface area contributed by atoms with Gasteiger partial charge in [0, 0.05) is 6.54 Å². The van der Waals surface area contributed by atoms with E-state index in [0.29, 0.717) is 13.1 Å². The summed E-state index contributed by atoms with van der Waals surface area (Å²) in [6.07, 6.45) is 0.504. The van der Waals surface area contributed by atoms with Gasteiger partial charge in [0.25, 0.3) is 5.91 Å². The van der Waals surface area contributed by atoms with Gasteiger partial charge in [-0.1, -0.05) is 19.1 Å². The largest absolute Gasteiger partial charge is 0.477 e. The molecule has 1 aromatic rings. The second-order valence-corrected chi connectivity index (χ2v) is 3.77. The third-order valence-electron chi connectivity index (χ3n) is 2.48. The van der Waals surface area contributed by atoms with Gasteiger partial charge in [-0.2, -0.15) is 0 Å². The Morgan fingerprint density at radius 1 is 1.53 bits per heavy atom. The van der Waals surface area contributed by atoms with Crippen LogP contribution >= 0.6 is 12.4 Å². The first-order valence-corrected chi connectivity index (χ1v) is 5.58. The van der Waals surface area contributed by atoms with Gasteiger partial charge < -0.3 is 15.4 Å². The summed E-state index contributed by atoms with van der Waals surface area (Å²) in [5.74, 6) is 0.689. The van der Waals surface area contributed by atoms with Crippen molar-refractivity contribution >= 4 is 24.0 Å². The molecular formula is C12H17ClN2O2. The van der Waals surface area contributed by atoms with Gasteiger partial charge in [0.1, 0.15) is 5.75 Å². The maximum Gasteiger partial charge on any atom is 0.262 e. The van der Waals surface area contributed by atoms with E-state index in [1.807, 2.05) is 31.2 Å². The number of amides is 1. The Hall–Kier alpha value is -1.42. The van der Waals surface area contributed by atoms with Crippen molar-refractivity contribution in [1.82, 2.24) is 5.32 Å². The molecule has 0 spiro atoms. The van der Waals surface area contributed by atoms with Crippen molar-refractivity contribution in [2.24, 2.45) is 0 Å². The zero-order chi connectivity index (χ0) is 11.4. The van der Waals surface area contributed by atoms with Gasteiger partial charge in [0.2, 0.25) is 0 Å². The summed E-state index contributed by atoms with van der Waals surface area (Å²) >= 11 is 0. The van der Waals surface area contributed by atoms with Gasteiger partial charge in [0.05, 0.1) is 12.2 Å². The van der Waals surface area contributed by atoms with Crippen LogP contribution in [0.1, 0.15) is 13.3 Å². The van der Waals surface area contributed by atoms with Crippen molar-refractivity contribution in [2.75, 3.05) is 18.4 Å². The molecule has 1 atom stereocenters. The van der Waals surface area contributed by atoms with Gasteiger partial charge in [-0.25, -0.2) is 0 Å². The Morgan fingerprint density at radius 3 is 3.06 bits per heavy atom. The molecule has 1 amide bonds. The summed E-state index contributed by atoms with van der Waals surface area (Å²) in [5, 5.41) is 6.01. The number of carbonyl (C=O) groups is 1. The molecule has 1 aliphatic heterocycles. The number of halogens is 1. The summed E-state index contributed by atoms with van der Waals surface area (Å²) in [6, 6.07) is 7.64. The highest BCUT2D eigenvalue weighted by molar-refractivity contribution is 5.85. The van der Waals surface area contributed by atoms with Crippen LogP contribution in [0.4, 0.5) is 5.69 Å². The van der Waals surface area contributed by atoms with E-state index in [1.54, 1.807) is 0 Å². The molecular weight excluding hydrogens is 240 g/mol. The zero-order valence-corrected chi connectivity index (χ0v) is 10.5. The molecule has 0 bridgehead atoms. The molecule has 2 N–H and O–H groups in total. The first-order valence-electron chi connectivity index (χ1n) is 5.58. The van der Waals surface area contributed by atoms with Crippen LogP contribution in [0, 0.1) is 0 Å². The van der Waals surface area contributed by atoms with Crippen LogP contribution in [0.5, 0.6) is 5.75 Å². The van der Waals surface area contributed by atoms with E-state index in [9.17, 15) is 4.79 Å². The van der Waals surface area contributed by atoms with Crippen LogP contribution in [0.2, 0.25) is 0 Å². The number of benzene rings is 1. The minimum atomic E-state index is -0.429. The van der Waals surface area contributed by atoms with E-state index < -0.39 is 6.10 Å². The molecule has 17 heavy (non-hydrogen) atoms. The van der Waals surface area contributed by atoms with E-state index in [4.69, 9.17) is 4.74 Å². The number of ether oxygens (including phenoxy) is 1. The second kappa shape index (κ2) is 6.35. The minimum Gasteiger partial charge on any atom is -0.477 e. The van der Waals surface area contributed by atoms with Crippen molar-refractivity contribution in [1.29, 1.82) is 0 Å². The lowest BCUT2D eigenvalue weighted by Crippen LogP contribution is -2.44.